The van der Waals surface area contributed by atoms with E-state index in [0.29, 0.717) is 12.2 Å². The van der Waals surface area contributed by atoms with E-state index in [-0.39, 0.29) is 0 Å². The molecule has 0 fully saturated rings. The van der Waals surface area contributed by atoms with Crippen LogP contribution in [0.4, 0.5) is 0 Å². The lowest BCUT2D eigenvalue weighted by molar-refractivity contribution is -0.141. The van der Waals surface area contributed by atoms with E-state index in [2.05, 4.69) is 5.10 Å². The fourth-order valence-corrected chi connectivity index (χ4v) is 1.18. The molecule has 2 unspecified atom stereocenters. The average molecular weight is 199 g/mol. The number of aliphatic carboxylic acids is 1. The summed E-state index contributed by atoms with van der Waals surface area (Å²) in [5.74, 6) is -1.23. The molecule has 0 aliphatic heterocycles. The Morgan fingerprint density at radius 3 is 2.93 bits per heavy atom. The molecule has 1 heterocycles. The molecule has 1 aromatic heterocycles. The first-order chi connectivity index (χ1) is 6.57. The molecule has 78 valence electrons. The molecule has 2 atom stereocenters. The molecule has 0 radical (unpaired) electrons. The zero-order valence-corrected chi connectivity index (χ0v) is 7.79. The summed E-state index contributed by atoms with van der Waals surface area (Å²) in [5, 5.41) is 22.1. The van der Waals surface area contributed by atoms with E-state index in [1.165, 1.54) is 10.9 Å². The molecule has 0 aliphatic carbocycles. The Morgan fingerprint density at radius 1 is 1.79 bits per heavy atom. The van der Waals surface area contributed by atoms with Gasteiger partial charge in [-0.2, -0.15) is 5.10 Å². The van der Waals surface area contributed by atoms with Gasteiger partial charge < -0.3 is 15.9 Å². The molecule has 0 saturated heterocycles. The number of rotatable bonds is 4. The summed E-state index contributed by atoms with van der Waals surface area (Å²) in [6, 6.07) is 0.230. The second-order valence-electron chi connectivity index (χ2n) is 2.88. The van der Waals surface area contributed by atoms with Crippen LogP contribution in [0.5, 0.6) is 0 Å². The predicted octanol–water partition coefficient (Wildman–Crippen LogP) is -0.652. The van der Waals surface area contributed by atoms with E-state index in [0.717, 1.165) is 0 Å². The lowest BCUT2D eigenvalue weighted by atomic mass is 10.1. The summed E-state index contributed by atoms with van der Waals surface area (Å²) in [6.07, 6.45) is 0.270. The summed E-state index contributed by atoms with van der Waals surface area (Å²) in [5.41, 5.74) is 5.70. The third kappa shape index (κ3) is 1.91. The molecule has 0 saturated carbocycles. The Balaban J connectivity index is 2.88. The van der Waals surface area contributed by atoms with Crippen molar-refractivity contribution in [2.45, 2.75) is 25.6 Å². The molecular weight excluding hydrogens is 186 g/mol. The van der Waals surface area contributed by atoms with Crippen LogP contribution in [0.1, 0.15) is 18.7 Å². The van der Waals surface area contributed by atoms with Crippen LogP contribution in [0, 0.1) is 0 Å². The minimum atomic E-state index is -1.32. The van der Waals surface area contributed by atoms with Gasteiger partial charge in [-0.05, 0) is 13.0 Å². The summed E-state index contributed by atoms with van der Waals surface area (Å²) in [6.45, 7) is 2.40. The number of nitrogens with zero attached hydrogens (tertiary/aromatic N) is 2. The zero-order chi connectivity index (χ0) is 10.7. The number of hydrogen-bond acceptors (Lipinski definition) is 4. The van der Waals surface area contributed by atoms with Gasteiger partial charge in [0, 0.05) is 12.7 Å². The van der Waals surface area contributed by atoms with Gasteiger partial charge in [0.1, 0.15) is 12.1 Å². The zero-order valence-electron chi connectivity index (χ0n) is 7.79. The van der Waals surface area contributed by atoms with Gasteiger partial charge in [0.2, 0.25) is 0 Å². The van der Waals surface area contributed by atoms with E-state index >= 15 is 0 Å². The molecular formula is C8H13N3O3. The topological polar surface area (TPSA) is 101 Å². The molecule has 14 heavy (non-hydrogen) atoms. The lowest BCUT2D eigenvalue weighted by Crippen LogP contribution is -2.37. The second kappa shape index (κ2) is 4.21. The van der Waals surface area contributed by atoms with Crippen LogP contribution in [-0.4, -0.2) is 32.0 Å². The minimum absolute atomic E-state index is 0.419. The normalized spacial score (nSPS) is 15.1. The number of aliphatic hydroxyl groups is 1. The number of carbonyl (C=O) groups is 1. The minimum Gasteiger partial charge on any atom is -0.480 e. The standard InChI is InChI=1S/C8H13N3O3/c1-2-11-5(3-4-10-11)7(12)6(9)8(13)14/h3-4,6-7,12H,2,9H2,1H3,(H,13,14). The van der Waals surface area contributed by atoms with Crippen molar-refractivity contribution in [2.24, 2.45) is 5.73 Å². The molecule has 6 nitrogen and oxygen atoms in total. The van der Waals surface area contributed by atoms with Crippen LogP contribution in [0.25, 0.3) is 0 Å². The van der Waals surface area contributed by atoms with Gasteiger partial charge >= 0.3 is 5.97 Å². The maximum atomic E-state index is 10.5. The van der Waals surface area contributed by atoms with E-state index in [4.69, 9.17) is 10.8 Å². The van der Waals surface area contributed by atoms with Crippen molar-refractivity contribution < 1.29 is 15.0 Å². The molecule has 0 aliphatic rings. The highest BCUT2D eigenvalue weighted by Crippen LogP contribution is 2.15. The number of aliphatic hydroxyl groups excluding tert-OH is 1. The van der Waals surface area contributed by atoms with Crippen molar-refractivity contribution in [1.82, 2.24) is 9.78 Å². The van der Waals surface area contributed by atoms with Gasteiger partial charge in [0.25, 0.3) is 0 Å². The Bertz CT molecular complexity index is 323. The van der Waals surface area contributed by atoms with Gasteiger partial charge in [-0.25, -0.2) is 0 Å². The van der Waals surface area contributed by atoms with Gasteiger partial charge in [0.05, 0.1) is 5.69 Å². The van der Waals surface area contributed by atoms with Crippen LogP contribution >= 0.6 is 0 Å². The van der Waals surface area contributed by atoms with E-state index < -0.39 is 18.1 Å². The quantitative estimate of drug-likeness (QED) is 0.598. The Morgan fingerprint density at radius 2 is 2.43 bits per heavy atom. The first-order valence-electron chi connectivity index (χ1n) is 4.26. The molecule has 0 spiro atoms. The maximum Gasteiger partial charge on any atom is 0.323 e. The van der Waals surface area contributed by atoms with Crippen LogP contribution in [-0.2, 0) is 11.3 Å². The highest BCUT2D eigenvalue weighted by molar-refractivity contribution is 5.74. The van der Waals surface area contributed by atoms with Crippen LogP contribution in [0.3, 0.4) is 0 Å². The summed E-state index contributed by atoms with van der Waals surface area (Å²) in [4.78, 5) is 10.5. The monoisotopic (exact) mass is 199 g/mol. The van der Waals surface area contributed by atoms with Crippen molar-refractivity contribution in [3.8, 4) is 0 Å². The highest BCUT2D eigenvalue weighted by atomic mass is 16.4. The molecule has 0 amide bonds. The van der Waals surface area contributed by atoms with Gasteiger partial charge in [0.15, 0.2) is 0 Å². The third-order valence-electron chi connectivity index (χ3n) is 1.98. The fourth-order valence-electron chi connectivity index (χ4n) is 1.18. The number of hydrogen-bond donors (Lipinski definition) is 3. The molecule has 4 N–H and O–H groups in total. The Hall–Kier alpha value is -1.40. The number of nitrogens with two attached hydrogens (primary N) is 1. The number of aromatic nitrogens is 2. The van der Waals surface area contributed by atoms with E-state index in [9.17, 15) is 9.90 Å². The Labute approximate surface area is 81.0 Å². The summed E-state index contributed by atoms with van der Waals surface area (Å²) in [7, 11) is 0. The predicted molar refractivity (Wildman–Crippen MR) is 48.5 cm³/mol. The van der Waals surface area contributed by atoms with Crippen molar-refractivity contribution in [3.05, 3.63) is 18.0 Å². The van der Waals surface area contributed by atoms with Crippen molar-refractivity contribution in [2.75, 3.05) is 0 Å². The van der Waals surface area contributed by atoms with E-state index in [1.807, 2.05) is 6.92 Å². The van der Waals surface area contributed by atoms with Gasteiger partial charge in [-0.15, -0.1) is 0 Å². The average Bonchev–Trinajstić information content (AvgIpc) is 2.62. The first kappa shape index (κ1) is 10.7. The SMILES string of the molecule is CCn1nccc1C(O)C(N)C(=O)O. The molecule has 1 rings (SSSR count). The molecule has 6 heteroatoms. The van der Waals surface area contributed by atoms with Crippen LogP contribution in [0.2, 0.25) is 0 Å². The maximum absolute atomic E-state index is 10.5. The lowest BCUT2D eigenvalue weighted by Gasteiger charge is -2.15. The van der Waals surface area contributed by atoms with Crippen molar-refractivity contribution in [3.63, 3.8) is 0 Å². The molecule has 0 bridgehead atoms. The third-order valence-corrected chi connectivity index (χ3v) is 1.98. The fraction of sp³-hybridized carbons (Fsp3) is 0.500. The van der Waals surface area contributed by atoms with Gasteiger partial charge in [-0.1, -0.05) is 0 Å². The largest absolute Gasteiger partial charge is 0.480 e. The Kier molecular flexibility index (Phi) is 3.21. The van der Waals surface area contributed by atoms with Crippen molar-refractivity contribution >= 4 is 5.97 Å². The van der Waals surface area contributed by atoms with Gasteiger partial charge in [-0.3, -0.25) is 9.48 Å². The summed E-state index contributed by atoms with van der Waals surface area (Å²) >= 11 is 0. The second-order valence-corrected chi connectivity index (χ2v) is 2.88. The van der Waals surface area contributed by atoms with E-state index in [1.54, 1.807) is 6.07 Å². The van der Waals surface area contributed by atoms with Crippen LogP contribution < -0.4 is 5.73 Å². The highest BCUT2D eigenvalue weighted by Gasteiger charge is 2.25. The number of aryl methyl sites for hydroxylation is 1. The summed E-state index contributed by atoms with van der Waals surface area (Å²) < 4.78 is 1.51. The number of carboxylic acid groups (broad SMARTS) is 1. The van der Waals surface area contributed by atoms with Crippen LogP contribution in [0.15, 0.2) is 12.3 Å². The molecule has 1 aromatic rings. The van der Waals surface area contributed by atoms with Crippen molar-refractivity contribution in [1.29, 1.82) is 0 Å². The first-order valence-corrected chi connectivity index (χ1v) is 4.26. The smallest absolute Gasteiger partial charge is 0.323 e. The number of carboxylic acids is 1. The molecule has 0 aromatic carbocycles.